The number of hydrogen-bond acceptors (Lipinski definition) is 4. The van der Waals surface area contributed by atoms with E-state index in [9.17, 15) is 4.79 Å². The summed E-state index contributed by atoms with van der Waals surface area (Å²) in [6, 6.07) is 11.2. The Labute approximate surface area is 184 Å². The van der Waals surface area contributed by atoms with Gasteiger partial charge in [0.25, 0.3) is 5.91 Å². The number of hydrogen-bond donors (Lipinski definition) is 1. The van der Waals surface area contributed by atoms with Crippen molar-refractivity contribution < 1.29 is 18.7 Å². The van der Waals surface area contributed by atoms with Gasteiger partial charge in [-0.3, -0.25) is 4.79 Å². The topological polar surface area (TPSA) is 60.7 Å². The molecule has 4 fully saturated rings. The van der Waals surface area contributed by atoms with Gasteiger partial charge in [-0.05, 0) is 105 Å². The van der Waals surface area contributed by atoms with Gasteiger partial charge in [-0.2, -0.15) is 0 Å². The molecule has 31 heavy (non-hydrogen) atoms. The highest BCUT2D eigenvalue weighted by Crippen LogP contribution is 2.61. The molecule has 0 radical (unpaired) electrons. The van der Waals surface area contributed by atoms with E-state index in [4.69, 9.17) is 13.9 Å². The Morgan fingerprint density at radius 3 is 2.23 bits per heavy atom. The minimum absolute atomic E-state index is 0.0988. The molecule has 4 saturated carbocycles. The SMILES string of the molecule is CCC(NC(=O)c1ccc(COc2ccc(OC)cc2)o1)C12CC3CC(CC(C3)C1)C2. The molecule has 1 atom stereocenters. The predicted octanol–water partition coefficient (Wildman–Crippen LogP) is 5.59. The number of ether oxygens (including phenoxy) is 2. The first kappa shape index (κ1) is 20.5. The Kier molecular flexibility index (Phi) is 5.45. The summed E-state index contributed by atoms with van der Waals surface area (Å²) in [7, 11) is 1.64. The van der Waals surface area contributed by atoms with Crippen molar-refractivity contribution >= 4 is 5.91 Å². The van der Waals surface area contributed by atoms with Crippen molar-refractivity contribution in [3.63, 3.8) is 0 Å². The highest BCUT2D eigenvalue weighted by atomic mass is 16.5. The number of rotatable bonds is 8. The monoisotopic (exact) mass is 423 g/mol. The lowest BCUT2D eigenvalue weighted by Gasteiger charge is -2.59. The first-order chi connectivity index (χ1) is 15.1. The summed E-state index contributed by atoms with van der Waals surface area (Å²) in [6.07, 6.45) is 9.09. The molecule has 1 heterocycles. The van der Waals surface area contributed by atoms with Crippen LogP contribution in [0.5, 0.6) is 11.5 Å². The molecular weight excluding hydrogens is 390 g/mol. The van der Waals surface area contributed by atoms with E-state index in [2.05, 4.69) is 12.2 Å². The molecule has 1 aromatic carbocycles. The summed E-state index contributed by atoms with van der Waals surface area (Å²) in [5.74, 6) is 5.07. The third-order valence-electron chi connectivity index (χ3n) is 7.86. The number of benzene rings is 1. The molecule has 5 heteroatoms. The van der Waals surface area contributed by atoms with Crippen LogP contribution in [0, 0.1) is 23.2 Å². The van der Waals surface area contributed by atoms with Crippen LogP contribution in [0.2, 0.25) is 0 Å². The van der Waals surface area contributed by atoms with Crippen LogP contribution >= 0.6 is 0 Å². The minimum Gasteiger partial charge on any atom is -0.497 e. The highest BCUT2D eigenvalue weighted by Gasteiger charge is 2.54. The third kappa shape index (κ3) is 4.07. The van der Waals surface area contributed by atoms with Crippen LogP contribution in [-0.2, 0) is 6.61 Å². The van der Waals surface area contributed by atoms with E-state index in [-0.39, 0.29) is 18.6 Å². The number of furan rings is 1. The second kappa shape index (κ2) is 8.25. The summed E-state index contributed by atoms with van der Waals surface area (Å²) in [4.78, 5) is 13.0. The molecule has 0 saturated heterocycles. The minimum atomic E-state index is -0.0988. The van der Waals surface area contributed by atoms with Crippen molar-refractivity contribution in [1.82, 2.24) is 5.32 Å². The second-order valence-electron chi connectivity index (χ2n) is 9.94. The Morgan fingerprint density at radius 2 is 1.65 bits per heavy atom. The van der Waals surface area contributed by atoms with Crippen LogP contribution in [0.15, 0.2) is 40.8 Å². The van der Waals surface area contributed by atoms with Crippen molar-refractivity contribution in [2.75, 3.05) is 7.11 Å². The lowest BCUT2D eigenvalue weighted by molar-refractivity contribution is -0.0728. The Balaban J connectivity index is 1.21. The second-order valence-corrected chi connectivity index (χ2v) is 9.94. The zero-order chi connectivity index (χ0) is 21.4. The molecule has 4 aliphatic rings. The Bertz CT molecular complexity index is 880. The van der Waals surface area contributed by atoms with Crippen LogP contribution in [-0.4, -0.2) is 19.1 Å². The fraction of sp³-hybridized carbons (Fsp3) is 0.577. The maximum Gasteiger partial charge on any atom is 0.287 e. The molecule has 1 N–H and O–H groups in total. The number of nitrogens with one attached hydrogen (secondary N) is 1. The molecular formula is C26H33NO4. The smallest absolute Gasteiger partial charge is 0.287 e. The van der Waals surface area contributed by atoms with Crippen LogP contribution in [0.25, 0.3) is 0 Å². The predicted molar refractivity (Wildman–Crippen MR) is 118 cm³/mol. The zero-order valence-electron chi connectivity index (χ0n) is 18.6. The first-order valence-corrected chi connectivity index (χ1v) is 11.7. The Hall–Kier alpha value is -2.43. The summed E-state index contributed by atoms with van der Waals surface area (Å²) in [5.41, 5.74) is 0.298. The normalized spacial score (nSPS) is 29.5. The van der Waals surface area contributed by atoms with E-state index in [1.54, 1.807) is 13.2 Å². The zero-order valence-corrected chi connectivity index (χ0v) is 18.6. The van der Waals surface area contributed by atoms with Gasteiger partial charge in [-0.25, -0.2) is 0 Å². The summed E-state index contributed by atoms with van der Waals surface area (Å²) in [6.45, 7) is 2.49. The van der Waals surface area contributed by atoms with E-state index in [1.165, 1.54) is 38.5 Å². The van der Waals surface area contributed by atoms with E-state index >= 15 is 0 Å². The number of amides is 1. The molecule has 1 unspecified atom stereocenters. The van der Waals surface area contributed by atoms with Gasteiger partial charge in [0.15, 0.2) is 5.76 Å². The molecule has 6 rings (SSSR count). The van der Waals surface area contributed by atoms with Crippen molar-refractivity contribution in [2.24, 2.45) is 23.2 Å². The van der Waals surface area contributed by atoms with Gasteiger partial charge in [0.1, 0.15) is 23.9 Å². The molecule has 5 nitrogen and oxygen atoms in total. The average Bonchev–Trinajstić information content (AvgIpc) is 3.24. The fourth-order valence-corrected chi connectivity index (χ4v) is 6.93. The van der Waals surface area contributed by atoms with Gasteiger partial charge < -0.3 is 19.2 Å². The van der Waals surface area contributed by atoms with Crippen LogP contribution < -0.4 is 14.8 Å². The van der Waals surface area contributed by atoms with Crippen LogP contribution in [0.3, 0.4) is 0 Å². The summed E-state index contributed by atoms with van der Waals surface area (Å²) >= 11 is 0. The lowest BCUT2D eigenvalue weighted by atomic mass is 9.47. The molecule has 166 valence electrons. The van der Waals surface area contributed by atoms with Crippen molar-refractivity contribution in [1.29, 1.82) is 0 Å². The van der Waals surface area contributed by atoms with Crippen molar-refractivity contribution in [3.8, 4) is 11.5 Å². The van der Waals surface area contributed by atoms with Gasteiger partial charge in [-0.15, -0.1) is 0 Å². The number of carbonyl (C=O) groups excluding carboxylic acids is 1. The van der Waals surface area contributed by atoms with Gasteiger partial charge >= 0.3 is 0 Å². The number of carbonyl (C=O) groups is 1. The maximum atomic E-state index is 13.0. The Morgan fingerprint density at radius 1 is 1.03 bits per heavy atom. The summed E-state index contributed by atoms with van der Waals surface area (Å²) in [5, 5.41) is 3.35. The maximum absolute atomic E-state index is 13.0. The van der Waals surface area contributed by atoms with Crippen LogP contribution in [0.1, 0.15) is 68.2 Å². The third-order valence-corrected chi connectivity index (χ3v) is 7.86. The van der Waals surface area contributed by atoms with Gasteiger partial charge in [0, 0.05) is 6.04 Å². The standard InChI is InChI=1S/C26H33NO4/c1-3-24(26-13-17-10-18(14-26)12-19(11-17)15-26)27-25(28)23-9-8-22(31-23)16-30-21-6-4-20(29-2)5-7-21/h4-9,17-19,24H,3,10-16H2,1-2H3,(H,27,28). The molecule has 2 aromatic rings. The number of methoxy groups -OCH3 is 1. The molecule has 1 amide bonds. The van der Waals surface area contributed by atoms with Gasteiger partial charge in [-0.1, -0.05) is 6.92 Å². The van der Waals surface area contributed by atoms with E-state index in [0.717, 1.165) is 35.7 Å². The van der Waals surface area contributed by atoms with Crippen molar-refractivity contribution in [3.05, 3.63) is 47.9 Å². The van der Waals surface area contributed by atoms with Crippen LogP contribution in [0.4, 0.5) is 0 Å². The molecule has 4 bridgehead atoms. The van der Waals surface area contributed by atoms with E-state index in [1.807, 2.05) is 30.3 Å². The molecule has 0 spiro atoms. The van der Waals surface area contributed by atoms with Gasteiger partial charge in [0.05, 0.1) is 7.11 Å². The van der Waals surface area contributed by atoms with Gasteiger partial charge in [0.2, 0.25) is 0 Å². The molecule has 4 aliphatic carbocycles. The largest absolute Gasteiger partial charge is 0.497 e. The fourth-order valence-electron chi connectivity index (χ4n) is 6.93. The summed E-state index contributed by atoms with van der Waals surface area (Å²) < 4.78 is 16.7. The molecule has 0 aliphatic heterocycles. The first-order valence-electron chi connectivity index (χ1n) is 11.7. The molecule has 1 aromatic heterocycles. The quantitative estimate of drug-likeness (QED) is 0.601. The van der Waals surface area contributed by atoms with E-state index in [0.29, 0.717) is 16.9 Å². The lowest BCUT2D eigenvalue weighted by Crippen LogP contribution is -2.56. The highest BCUT2D eigenvalue weighted by molar-refractivity contribution is 5.91. The van der Waals surface area contributed by atoms with Crippen molar-refractivity contribution in [2.45, 2.75) is 64.5 Å². The van der Waals surface area contributed by atoms with E-state index < -0.39 is 0 Å². The average molecular weight is 424 g/mol.